The molecule has 1 aromatic heterocycles. The van der Waals surface area contributed by atoms with Crippen LogP contribution in [0.1, 0.15) is 23.0 Å². The lowest BCUT2D eigenvalue weighted by Crippen LogP contribution is -2.14. The Morgan fingerprint density at radius 1 is 1.56 bits per heavy atom. The Bertz CT molecular complexity index is 579. The summed E-state index contributed by atoms with van der Waals surface area (Å²) in [6, 6.07) is 7.15. The molecule has 0 atom stereocenters. The fraction of sp³-hybridized carbons (Fsp3) is 0.167. The molecule has 1 amide bonds. The quantitative estimate of drug-likeness (QED) is 0.793. The van der Waals surface area contributed by atoms with E-state index in [-0.39, 0.29) is 0 Å². The number of nitrogens with two attached hydrogens (primary N) is 1. The van der Waals surface area contributed by atoms with E-state index in [0.717, 1.165) is 5.69 Å². The van der Waals surface area contributed by atoms with Crippen molar-refractivity contribution >= 4 is 29.0 Å². The molecule has 2 aromatic rings. The third-order valence-corrected chi connectivity index (χ3v) is 2.76. The number of aromatic nitrogens is 2. The van der Waals surface area contributed by atoms with Gasteiger partial charge in [0.2, 0.25) is 0 Å². The summed E-state index contributed by atoms with van der Waals surface area (Å²) in [5.41, 5.74) is 7.20. The van der Waals surface area contributed by atoms with Gasteiger partial charge in [0, 0.05) is 16.4 Å². The first-order valence-corrected chi connectivity index (χ1v) is 5.89. The van der Waals surface area contributed by atoms with Gasteiger partial charge in [0.05, 0.1) is 0 Å². The standard InChI is InChI=1S/C12H13ClN4O/c1-2-9-10(11(14)18)12(17-16-9)15-8-5-3-4-7(13)6-8/h3-6H,2H2,1H3,(H2,14,18)(H2,15,16,17). The zero-order chi connectivity index (χ0) is 13.1. The first-order chi connectivity index (χ1) is 8.61. The highest BCUT2D eigenvalue weighted by Gasteiger charge is 2.17. The molecule has 0 saturated carbocycles. The van der Waals surface area contributed by atoms with E-state index in [1.807, 2.05) is 19.1 Å². The number of amides is 1. The molecule has 0 aliphatic carbocycles. The number of nitrogens with one attached hydrogen (secondary N) is 2. The number of carbonyl (C=O) groups excluding carboxylic acids is 1. The Hall–Kier alpha value is -2.01. The maximum Gasteiger partial charge on any atom is 0.254 e. The van der Waals surface area contributed by atoms with E-state index in [2.05, 4.69) is 15.5 Å². The molecule has 0 fully saturated rings. The van der Waals surface area contributed by atoms with Gasteiger partial charge in [-0.1, -0.05) is 24.6 Å². The number of primary amides is 1. The highest BCUT2D eigenvalue weighted by molar-refractivity contribution is 6.30. The van der Waals surface area contributed by atoms with Crippen molar-refractivity contribution in [1.82, 2.24) is 10.2 Å². The number of nitrogens with zero attached hydrogens (tertiary/aromatic N) is 1. The van der Waals surface area contributed by atoms with Crippen LogP contribution in [0.25, 0.3) is 0 Å². The molecule has 1 aromatic carbocycles. The Balaban J connectivity index is 2.35. The Morgan fingerprint density at radius 2 is 2.33 bits per heavy atom. The maximum atomic E-state index is 11.4. The molecule has 0 aliphatic rings. The van der Waals surface area contributed by atoms with Crippen molar-refractivity contribution < 1.29 is 4.79 Å². The SMILES string of the molecule is CCc1[nH]nc(Nc2cccc(Cl)c2)c1C(N)=O. The van der Waals surface area contributed by atoms with Crippen LogP contribution in [0.2, 0.25) is 5.02 Å². The second kappa shape index (κ2) is 5.10. The Labute approximate surface area is 109 Å². The Morgan fingerprint density at radius 3 is 2.94 bits per heavy atom. The van der Waals surface area contributed by atoms with Crippen LogP contribution in [-0.2, 0) is 6.42 Å². The molecular formula is C12H13ClN4O. The predicted octanol–water partition coefficient (Wildman–Crippen LogP) is 2.47. The van der Waals surface area contributed by atoms with Crippen LogP contribution >= 0.6 is 11.6 Å². The lowest BCUT2D eigenvalue weighted by Gasteiger charge is -2.05. The van der Waals surface area contributed by atoms with Crippen LogP contribution in [0.4, 0.5) is 11.5 Å². The molecule has 94 valence electrons. The number of hydrogen-bond donors (Lipinski definition) is 3. The minimum atomic E-state index is -0.509. The van der Waals surface area contributed by atoms with Crippen molar-refractivity contribution in [2.75, 3.05) is 5.32 Å². The predicted molar refractivity (Wildman–Crippen MR) is 71.2 cm³/mol. The summed E-state index contributed by atoms with van der Waals surface area (Å²) < 4.78 is 0. The first-order valence-electron chi connectivity index (χ1n) is 5.51. The van der Waals surface area contributed by atoms with E-state index < -0.39 is 5.91 Å². The molecule has 0 saturated heterocycles. The maximum absolute atomic E-state index is 11.4. The number of anilines is 2. The molecule has 4 N–H and O–H groups in total. The lowest BCUT2D eigenvalue weighted by atomic mass is 10.2. The number of benzene rings is 1. The molecular weight excluding hydrogens is 252 g/mol. The molecule has 18 heavy (non-hydrogen) atoms. The van der Waals surface area contributed by atoms with Gasteiger partial charge >= 0.3 is 0 Å². The number of aromatic amines is 1. The van der Waals surface area contributed by atoms with Gasteiger partial charge in [0.15, 0.2) is 5.82 Å². The second-order valence-corrected chi connectivity index (χ2v) is 4.22. The van der Waals surface area contributed by atoms with E-state index in [0.29, 0.717) is 28.5 Å². The third-order valence-electron chi connectivity index (χ3n) is 2.53. The van der Waals surface area contributed by atoms with Crippen molar-refractivity contribution in [3.63, 3.8) is 0 Å². The van der Waals surface area contributed by atoms with Gasteiger partial charge in [-0.25, -0.2) is 0 Å². The van der Waals surface area contributed by atoms with Gasteiger partial charge in [-0.2, -0.15) is 5.10 Å². The minimum Gasteiger partial charge on any atom is -0.365 e. The number of rotatable bonds is 4. The van der Waals surface area contributed by atoms with Crippen LogP contribution in [0.3, 0.4) is 0 Å². The molecule has 0 spiro atoms. The van der Waals surface area contributed by atoms with Crippen LogP contribution in [0.15, 0.2) is 24.3 Å². The van der Waals surface area contributed by atoms with Gasteiger partial charge in [0.25, 0.3) is 5.91 Å². The number of hydrogen-bond acceptors (Lipinski definition) is 3. The van der Waals surface area contributed by atoms with Crippen molar-refractivity contribution in [3.8, 4) is 0 Å². The molecule has 0 radical (unpaired) electrons. The fourth-order valence-electron chi connectivity index (χ4n) is 1.69. The smallest absolute Gasteiger partial charge is 0.254 e. The molecule has 0 bridgehead atoms. The van der Waals surface area contributed by atoms with E-state index >= 15 is 0 Å². The van der Waals surface area contributed by atoms with Crippen LogP contribution < -0.4 is 11.1 Å². The summed E-state index contributed by atoms with van der Waals surface area (Å²) in [6.07, 6.45) is 0.655. The molecule has 6 heteroatoms. The number of aryl methyl sites for hydroxylation is 1. The molecule has 0 unspecified atom stereocenters. The molecule has 1 heterocycles. The highest BCUT2D eigenvalue weighted by Crippen LogP contribution is 2.23. The minimum absolute atomic E-state index is 0.387. The summed E-state index contributed by atoms with van der Waals surface area (Å²) in [4.78, 5) is 11.4. The van der Waals surface area contributed by atoms with Crippen molar-refractivity contribution in [2.24, 2.45) is 5.73 Å². The van der Waals surface area contributed by atoms with Crippen LogP contribution in [-0.4, -0.2) is 16.1 Å². The summed E-state index contributed by atoms with van der Waals surface area (Å²) in [7, 11) is 0. The van der Waals surface area contributed by atoms with Crippen LogP contribution in [0.5, 0.6) is 0 Å². The summed E-state index contributed by atoms with van der Waals surface area (Å²) in [6.45, 7) is 1.92. The number of carbonyl (C=O) groups is 1. The topological polar surface area (TPSA) is 83.8 Å². The molecule has 2 rings (SSSR count). The van der Waals surface area contributed by atoms with Crippen molar-refractivity contribution in [1.29, 1.82) is 0 Å². The van der Waals surface area contributed by atoms with E-state index in [9.17, 15) is 4.79 Å². The summed E-state index contributed by atoms with van der Waals surface area (Å²) in [5.74, 6) is -0.0910. The largest absolute Gasteiger partial charge is 0.365 e. The second-order valence-electron chi connectivity index (χ2n) is 3.78. The molecule has 0 aliphatic heterocycles. The van der Waals surface area contributed by atoms with E-state index in [1.54, 1.807) is 12.1 Å². The molecule has 5 nitrogen and oxygen atoms in total. The first kappa shape index (κ1) is 12.4. The monoisotopic (exact) mass is 264 g/mol. The fourth-order valence-corrected chi connectivity index (χ4v) is 1.88. The normalized spacial score (nSPS) is 10.3. The summed E-state index contributed by atoms with van der Waals surface area (Å²) >= 11 is 5.89. The van der Waals surface area contributed by atoms with Gasteiger partial charge in [-0.3, -0.25) is 9.89 Å². The Kier molecular flexibility index (Phi) is 3.53. The summed E-state index contributed by atoms with van der Waals surface area (Å²) in [5, 5.41) is 10.5. The van der Waals surface area contributed by atoms with E-state index in [4.69, 9.17) is 17.3 Å². The van der Waals surface area contributed by atoms with Crippen molar-refractivity contribution in [2.45, 2.75) is 13.3 Å². The van der Waals surface area contributed by atoms with Crippen LogP contribution in [0, 0.1) is 0 Å². The van der Waals surface area contributed by atoms with E-state index in [1.165, 1.54) is 0 Å². The third kappa shape index (κ3) is 2.46. The van der Waals surface area contributed by atoms with Gasteiger partial charge in [-0.05, 0) is 24.6 Å². The number of H-pyrrole nitrogens is 1. The van der Waals surface area contributed by atoms with Gasteiger partial charge in [0.1, 0.15) is 5.56 Å². The zero-order valence-corrected chi connectivity index (χ0v) is 10.6. The average Bonchev–Trinajstić information content (AvgIpc) is 2.72. The highest BCUT2D eigenvalue weighted by atomic mass is 35.5. The number of halogens is 1. The van der Waals surface area contributed by atoms with Gasteiger partial charge in [-0.15, -0.1) is 0 Å². The lowest BCUT2D eigenvalue weighted by molar-refractivity contribution is 0.100. The zero-order valence-electron chi connectivity index (χ0n) is 9.83. The van der Waals surface area contributed by atoms with Crippen molar-refractivity contribution in [3.05, 3.63) is 40.5 Å². The van der Waals surface area contributed by atoms with Gasteiger partial charge < -0.3 is 11.1 Å². The average molecular weight is 265 g/mol.